The van der Waals surface area contributed by atoms with Gasteiger partial charge in [0, 0.05) is 4.90 Å². The predicted octanol–water partition coefficient (Wildman–Crippen LogP) is 3.99. The first-order valence-electron chi connectivity index (χ1n) is 4.83. The van der Waals surface area contributed by atoms with Crippen LogP contribution in [0.1, 0.15) is 5.56 Å². The molecule has 1 nitrogen and oxygen atoms in total. The first-order chi connectivity index (χ1) is 8.20. The quantitative estimate of drug-likeness (QED) is 0.801. The Hall–Kier alpha value is -1.86. The molecule has 0 aromatic heterocycles. The second kappa shape index (κ2) is 4.98. The smallest absolute Gasteiger partial charge is 0.137 e. The zero-order chi connectivity index (χ0) is 12.3. The van der Waals surface area contributed by atoms with Gasteiger partial charge in [0.25, 0.3) is 0 Å². The molecule has 0 heterocycles. The summed E-state index contributed by atoms with van der Waals surface area (Å²) in [5, 5.41) is 8.89. The number of hydrogen-bond donors (Lipinski definition) is 0. The van der Waals surface area contributed by atoms with E-state index in [1.807, 2.05) is 6.07 Å². The van der Waals surface area contributed by atoms with Crippen molar-refractivity contribution in [3.05, 3.63) is 59.7 Å². The number of halogens is 2. The molecule has 0 unspecified atom stereocenters. The first kappa shape index (κ1) is 11.6. The summed E-state index contributed by atoms with van der Waals surface area (Å²) in [6, 6.07) is 12.1. The molecule has 0 atom stereocenters. The molecule has 0 amide bonds. The first-order valence-corrected chi connectivity index (χ1v) is 5.64. The summed E-state index contributed by atoms with van der Waals surface area (Å²) in [5.74, 6) is -0.993. The van der Waals surface area contributed by atoms with E-state index in [9.17, 15) is 8.78 Å². The molecule has 4 heteroatoms. The Morgan fingerprint density at radius 2 is 1.76 bits per heavy atom. The summed E-state index contributed by atoms with van der Waals surface area (Å²) < 4.78 is 26.4. The van der Waals surface area contributed by atoms with Gasteiger partial charge in [0.05, 0.1) is 10.5 Å². The molecule has 17 heavy (non-hydrogen) atoms. The molecule has 0 radical (unpaired) electrons. The maximum atomic E-state index is 13.4. The van der Waals surface area contributed by atoms with Crippen LogP contribution in [-0.2, 0) is 0 Å². The van der Waals surface area contributed by atoms with Crippen LogP contribution >= 0.6 is 11.8 Å². The summed E-state index contributed by atoms with van der Waals surface area (Å²) in [4.78, 5) is 0.784. The molecule has 0 saturated carbocycles. The lowest BCUT2D eigenvalue weighted by Gasteiger charge is -2.04. The highest BCUT2D eigenvalue weighted by Crippen LogP contribution is 2.32. The third-order valence-electron chi connectivity index (χ3n) is 2.12. The van der Waals surface area contributed by atoms with Crippen molar-refractivity contribution >= 4 is 11.8 Å². The normalized spacial score (nSPS) is 9.94. The van der Waals surface area contributed by atoms with Crippen molar-refractivity contribution in [2.75, 3.05) is 0 Å². The zero-order valence-electron chi connectivity index (χ0n) is 8.65. The van der Waals surface area contributed by atoms with E-state index < -0.39 is 11.6 Å². The molecule has 2 rings (SSSR count). The van der Waals surface area contributed by atoms with Crippen molar-refractivity contribution in [1.29, 1.82) is 5.26 Å². The summed E-state index contributed by atoms with van der Waals surface area (Å²) in [6.45, 7) is 0. The van der Waals surface area contributed by atoms with Crippen LogP contribution < -0.4 is 0 Å². The molecule has 2 aromatic carbocycles. The van der Waals surface area contributed by atoms with Crippen LogP contribution in [-0.4, -0.2) is 0 Å². The van der Waals surface area contributed by atoms with E-state index in [1.54, 1.807) is 24.3 Å². The van der Waals surface area contributed by atoms with Crippen LogP contribution in [0.4, 0.5) is 8.78 Å². The lowest BCUT2D eigenvalue weighted by atomic mass is 10.2. The summed E-state index contributed by atoms with van der Waals surface area (Å²) in [5.41, 5.74) is 0.446. The minimum Gasteiger partial charge on any atom is -0.207 e. The van der Waals surface area contributed by atoms with Gasteiger partial charge in [-0.05, 0) is 30.3 Å². The van der Waals surface area contributed by atoms with Crippen molar-refractivity contribution < 1.29 is 8.78 Å². The maximum Gasteiger partial charge on any atom is 0.137 e. The molecule has 0 saturated heterocycles. The molecular weight excluding hydrogens is 240 g/mol. The van der Waals surface area contributed by atoms with Crippen molar-refractivity contribution in [1.82, 2.24) is 0 Å². The molecule has 0 fully saturated rings. The van der Waals surface area contributed by atoms with E-state index in [-0.39, 0.29) is 4.90 Å². The summed E-state index contributed by atoms with van der Waals surface area (Å²) >= 11 is 1.04. The van der Waals surface area contributed by atoms with E-state index in [4.69, 9.17) is 5.26 Å². The van der Waals surface area contributed by atoms with E-state index in [0.29, 0.717) is 10.5 Å². The topological polar surface area (TPSA) is 23.8 Å². The number of nitrogens with zero attached hydrogens (tertiary/aromatic N) is 1. The molecule has 0 spiro atoms. The van der Waals surface area contributed by atoms with E-state index in [2.05, 4.69) is 0 Å². The van der Waals surface area contributed by atoms with Gasteiger partial charge < -0.3 is 0 Å². The lowest BCUT2D eigenvalue weighted by Crippen LogP contribution is -1.85. The highest BCUT2D eigenvalue weighted by molar-refractivity contribution is 7.99. The van der Waals surface area contributed by atoms with Crippen LogP contribution in [0.25, 0.3) is 0 Å². The third-order valence-corrected chi connectivity index (χ3v) is 3.23. The Morgan fingerprint density at radius 1 is 1.00 bits per heavy atom. The van der Waals surface area contributed by atoms with Crippen LogP contribution in [0.15, 0.2) is 52.3 Å². The van der Waals surface area contributed by atoms with Crippen molar-refractivity contribution in [2.45, 2.75) is 9.79 Å². The average Bonchev–Trinajstić information content (AvgIpc) is 2.34. The number of nitriles is 1. The van der Waals surface area contributed by atoms with Gasteiger partial charge >= 0.3 is 0 Å². The monoisotopic (exact) mass is 247 g/mol. The fourth-order valence-corrected chi connectivity index (χ4v) is 2.27. The molecule has 0 aliphatic rings. The highest BCUT2D eigenvalue weighted by Gasteiger charge is 2.08. The van der Waals surface area contributed by atoms with Gasteiger partial charge in [0.1, 0.15) is 17.7 Å². The van der Waals surface area contributed by atoms with E-state index in [0.717, 1.165) is 30.0 Å². The van der Waals surface area contributed by atoms with E-state index in [1.165, 1.54) is 0 Å². The third kappa shape index (κ3) is 2.63. The SMILES string of the molecule is N#Cc1ccccc1Sc1cc(F)ccc1F. The highest BCUT2D eigenvalue weighted by atomic mass is 32.2. The van der Waals surface area contributed by atoms with Gasteiger partial charge in [-0.3, -0.25) is 0 Å². The number of hydrogen-bond acceptors (Lipinski definition) is 2. The van der Waals surface area contributed by atoms with Crippen molar-refractivity contribution in [2.24, 2.45) is 0 Å². The Kier molecular flexibility index (Phi) is 3.40. The van der Waals surface area contributed by atoms with Crippen LogP contribution in [0.3, 0.4) is 0 Å². The van der Waals surface area contributed by atoms with Gasteiger partial charge in [0.15, 0.2) is 0 Å². The minimum absolute atomic E-state index is 0.174. The Balaban J connectivity index is 2.38. The van der Waals surface area contributed by atoms with Gasteiger partial charge in [-0.15, -0.1) is 0 Å². The number of rotatable bonds is 2. The largest absolute Gasteiger partial charge is 0.207 e. The Labute approximate surface area is 102 Å². The molecule has 0 aliphatic carbocycles. The van der Waals surface area contributed by atoms with Gasteiger partial charge in [-0.25, -0.2) is 8.78 Å². The fraction of sp³-hybridized carbons (Fsp3) is 0. The van der Waals surface area contributed by atoms with Crippen LogP contribution in [0, 0.1) is 23.0 Å². The van der Waals surface area contributed by atoms with Gasteiger partial charge in [0.2, 0.25) is 0 Å². The fourth-order valence-electron chi connectivity index (χ4n) is 1.32. The van der Waals surface area contributed by atoms with Crippen LogP contribution in [0.2, 0.25) is 0 Å². The minimum atomic E-state index is -0.497. The lowest BCUT2D eigenvalue weighted by molar-refractivity contribution is 0.577. The molecule has 0 N–H and O–H groups in total. The van der Waals surface area contributed by atoms with E-state index >= 15 is 0 Å². The second-order valence-corrected chi connectivity index (χ2v) is 4.37. The van der Waals surface area contributed by atoms with Crippen molar-refractivity contribution in [3.8, 4) is 6.07 Å². The molecule has 0 aliphatic heterocycles. The van der Waals surface area contributed by atoms with Gasteiger partial charge in [-0.2, -0.15) is 5.26 Å². The molecule has 2 aromatic rings. The molecule has 0 bridgehead atoms. The second-order valence-electron chi connectivity index (χ2n) is 3.28. The van der Waals surface area contributed by atoms with Crippen LogP contribution in [0.5, 0.6) is 0 Å². The summed E-state index contributed by atoms with van der Waals surface area (Å²) in [7, 11) is 0. The molecule has 84 valence electrons. The standard InChI is InChI=1S/C13H7F2NS/c14-10-5-6-11(15)13(7-10)17-12-4-2-1-3-9(12)8-16/h1-7H. The van der Waals surface area contributed by atoms with Gasteiger partial charge in [-0.1, -0.05) is 23.9 Å². The summed E-state index contributed by atoms with van der Waals surface area (Å²) in [6.07, 6.45) is 0. The zero-order valence-corrected chi connectivity index (χ0v) is 9.47. The molecular formula is C13H7F2NS. The Morgan fingerprint density at radius 3 is 2.53 bits per heavy atom. The Bertz CT molecular complexity index is 590. The van der Waals surface area contributed by atoms with Crippen molar-refractivity contribution in [3.63, 3.8) is 0 Å². The average molecular weight is 247 g/mol. The maximum absolute atomic E-state index is 13.4. The number of benzene rings is 2. The predicted molar refractivity (Wildman–Crippen MR) is 61.6 cm³/mol.